The summed E-state index contributed by atoms with van der Waals surface area (Å²) in [4.78, 5) is 41.5. The summed E-state index contributed by atoms with van der Waals surface area (Å²) in [5.41, 5.74) is 0.547. The Morgan fingerprint density at radius 2 is 2.16 bits per heavy atom. The Labute approximate surface area is 183 Å². The Morgan fingerprint density at radius 3 is 2.94 bits per heavy atom. The van der Waals surface area contributed by atoms with Crippen molar-refractivity contribution in [3.05, 3.63) is 46.4 Å². The van der Waals surface area contributed by atoms with Crippen molar-refractivity contribution in [1.29, 1.82) is 0 Å². The van der Waals surface area contributed by atoms with Crippen LogP contribution in [0, 0.1) is 6.92 Å². The van der Waals surface area contributed by atoms with E-state index in [1.807, 2.05) is 19.1 Å². The zero-order valence-electron chi connectivity index (χ0n) is 17.3. The molecule has 4 rings (SSSR count). The van der Waals surface area contributed by atoms with Gasteiger partial charge in [0, 0.05) is 49.2 Å². The van der Waals surface area contributed by atoms with Gasteiger partial charge in [0.2, 0.25) is 17.6 Å². The third-order valence-corrected chi connectivity index (χ3v) is 6.21. The molecule has 0 aromatic carbocycles. The van der Waals surface area contributed by atoms with Gasteiger partial charge in [-0.15, -0.1) is 11.3 Å². The van der Waals surface area contributed by atoms with Gasteiger partial charge in [0.25, 0.3) is 5.91 Å². The molecule has 9 nitrogen and oxygen atoms in total. The van der Waals surface area contributed by atoms with Gasteiger partial charge in [-0.2, -0.15) is 4.98 Å². The number of carbonyl (C=O) groups excluding carboxylic acids is 2. The number of nitrogens with zero attached hydrogens (tertiary/aromatic N) is 5. The summed E-state index contributed by atoms with van der Waals surface area (Å²) in [6.07, 6.45) is 7.27. The molecule has 1 N–H and O–H groups in total. The van der Waals surface area contributed by atoms with Crippen LogP contribution in [-0.2, 0) is 4.79 Å². The maximum atomic E-state index is 12.9. The van der Waals surface area contributed by atoms with E-state index in [4.69, 9.17) is 4.52 Å². The fourth-order valence-electron chi connectivity index (χ4n) is 3.57. The van der Waals surface area contributed by atoms with Crippen molar-refractivity contribution < 1.29 is 14.1 Å². The van der Waals surface area contributed by atoms with Gasteiger partial charge in [0.15, 0.2) is 0 Å². The monoisotopic (exact) mass is 440 g/mol. The number of carbonyl (C=O) groups is 2. The molecule has 0 aliphatic carbocycles. The molecule has 0 bridgehead atoms. The minimum absolute atomic E-state index is 0.0164. The number of hydrogen-bond donors (Lipinski definition) is 1. The van der Waals surface area contributed by atoms with Crippen LogP contribution in [0.25, 0.3) is 11.5 Å². The van der Waals surface area contributed by atoms with E-state index in [0.29, 0.717) is 48.3 Å². The van der Waals surface area contributed by atoms with Crippen molar-refractivity contribution in [3.63, 3.8) is 0 Å². The second-order valence-corrected chi connectivity index (χ2v) is 8.77. The topological polar surface area (TPSA) is 114 Å². The van der Waals surface area contributed by atoms with Crippen molar-refractivity contribution in [2.45, 2.75) is 38.5 Å². The minimum Gasteiger partial charge on any atom is -0.356 e. The molecule has 2 amide bonds. The standard InChI is InChI=1S/C21H24N6O3S/c1-14-4-5-17(31-14)21(29)27-11-2-3-15(6-8-24-18(28)7-12-27)20-25-19(26-30-20)16-13-22-9-10-23-16/h4-5,9-10,13,15H,2-3,6-8,11-12H2,1H3,(H,24,28). The van der Waals surface area contributed by atoms with Crippen LogP contribution in [0.2, 0.25) is 0 Å². The predicted molar refractivity (Wildman–Crippen MR) is 115 cm³/mol. The lowest BCUT2D eigenvalue weighted by atomic mass is 9.99. The van der Waals surface area contributed by atoms with E-state index in [2.05, 4.69) is 25.4 Å². The summed E-state index contributed by atoms with van der Waals surface area (Å²) in [5, 5.41) is 6.97. The summed E-state index contributed by atoms with van der Waals surface area (Å²) in [6.45, 7) is 3.48. The highest BCUT2D eigenvalue weighted by Gasteiger charge is 2.24. The van der Waals surface area contributed by atoms with Gasteiger partial charge in [-0.05, 0) is 38.3 Å². The predicted octanol–water partition coefficient (Wildman–Crippen LogP) is 2.81. The highest BCUT2D eigenvalue weighted by atomic mass is 32.1. The lowest BCUT2D eigenvalue weighted by Gasteiger charge is -2.22. The number of rotatable bonds is 3. The highest BCUT2D eigenvalue weighted by Crippen LogP contribution is 2.26. The summed E-state index contributed by atoms with van der Waals surface area (Å²) < 4.78 is 5.51. The van der Waals surface area contributed by atoms with Crippen LogP contribution in [0.3, 0.4) is 0 Å². The fraction of sp³-hybridized carbons (Fsp3) is 0.429. The Kier molecular flexibility index (Phi) is 6.66. The molecule has 0 spiro atoms. The normalized spacial score (nSPS) is 18.3. The van der Waals surface area contributed by atoms with Crippen LogP contribution >= 0.6 is 11.3 Å². The van der Waals surface area contributed by atoms with Crippen molar-refractivity contribution in [2.75, 3.05) is 19.6 Å². The largest absolute Gasteiger partial charge is 0.356 e. The van der Waals surface area contributed by atoms with Gasteiger partial charge >= 0.3 is 0 Å². The van der Waals surface area contributed by atoms with E-state index in [-0.39, 0.29) is 24.2 Å². The molecule has 3 aromatic heterocycles. The van der Waals surface area contributed by atoms with Gasteiger partial charge in [0.1, 0.15) is 5.69 Å². The minimum atomic E-state index is -0.0633. The Hall–Kier alpha value is -3.14. The van der Waals surface area contributed by atoms with E-state index >= 15 is 0 Å². The number of nitrogens with one attached hydrogen (secondary N) is 1. The van der Waals surface area contributed by atoms with Crippen molar-refractivity contribution in [1.82, 2.24) is 30.3 Å². The number of aromatic nitrogens is 4. The molecule has 10 heteroatoms. The zero-order valence-corrected chi connectivity index (χ0v) is 18.1. The highest BCUT2D eigenvalue weighted by molar-refractivity contribution is 7.13. The fourth-order valence-corrected chi connectivity index (χ4v) is 4.41. The molecule has 1 atom stereocenters. The molecular formula is C21H24N6O3S. The maximum absolute atomic E-state index is 12.9. The second-order valence-electron chi connectivity index (χ2n) is 7.48. The van der Waals surface area contributed by atoms with Gasteiger partial charge in [-0.1, -0.05) is 5.16 Å². The molecule has 1 unspecified atom stereocenters. The van der Waals surface area contributed by atoms with E-state index in [0.717, 1.165) is 17.7 Å². The number of aryl methyl sites for hydroxylation is 1. The van der Waals surface area contributed by atoms with Gasteiger partial charge in [-0.25, -0.2) is 4.98 Å². The SMILES string of the molecule is Cc1ccc(C(=O)N2CCCC(c3nc(-c4cnccn4)no3)CCNC(=O)CC2)s1. The lowest BCUT2D eigenvalue weighted by Crippen LogP contribution is -2.35. The molecule has 1 saturated heterocycles. The van der Waals surface area contributed by atoms with Crippen LogP contribution in [-0.4, -0.2) is 56.5 Å². The molecule has 1 aliphatic rings. The number of amides is 2. The van der Waals surface area contributed by atoms with Gasteiger partial charge in [0.05, 0.1) is 11.1 Å². The molecule has 4 heterocycles. The molecular weight excluding hydrogens is 416 g/mol. The molecule has 1 fully saturated rings. The summed E-state index contributed by atoms with van der Waals surface area (Å²) in [7, 11) is 0. The van der Waals surface area contributed by atoms with Crippen LogP contribution in [0.4, 0.5) is 0 Å². The summed E-state index contributed by atoms with van der Waals surface area (Å²) in [6, 6.07) is 3.79. The number of thiophene rings is 1. The van der Waals surface area contributed by atoms with Crippen molar-refractivity contribution in [2.24, 2.45) is 0 Å². The molecule has 1 aliphatic heterocycles. The van der Waals surface area contributed by atoms with Gasteiger partial charge < -0.3 is 14.7 Å². The third-order valence-electron chi connectivity index (χ3n) is 5.23. The second kappa shape index (κ2) is 9.78. The Morgan fingerprint density at radius 1 is 1.26 bits per heavy atom. The summed E-state index contributed by atoms with van der Waals surface area (Å²) >= 11 is 1.48. The van der Waals surface area contributed by atoms with Crippen LogP contribution in [0.1, 0.15) is 52.0 Å². The van der Waals surface area contributed by atoms with Crippen molar-refractivity contribution >= 4 is 23.2 Å². The Bertz CT molecular complexity index is 1030. The molecule has 0 saturated carbocycles. The third kappa shape index (κ3) is 5.32. The van der Waals surface area contributed by atoms with Crippen LogP contribution < -0.4 is 5.32 Å². The molecule has 31 heavy (non-hydrogen) atoms. The molecule has 0 radical (unpaired) electrons. The number of hydrogen-bond acceptors (Lipinski definition) is 8. The average Bonchev–Trinajstić information content (AvgIpc) is 3.43. The average molecular weight is 441 g/mol. The van der Waals surface area contributed by atoms with E-state index in [1.54, 1.807) is 23.5 Å². The van der Waals surface area contributed by atoms with Gasteiger partial charge in [-0.3, -0.25) is 14.6 Å². The van der Waals surface area contributed by atoms with E-state index < -0.39 is 0 Å². The van der Waals surface area contributed by atoms with E-state index in [1.165, 1.54) is 11.3 Å². The van der Waals surface area contributed by atoms with E-state index in [9.17, 15) is 9.59 Å². The zero-order chi connectivity index (χ0) is 21.6. The molecule has 162 valence electrons. The smallest absolute Gasteiger partial charge is 0.263 e. The first-order valence-corrected chi connectivity index (χ1v) is 11.1. The first kappa shape index (κ1) is 21.1. The maximum Gasteiger partial charge on any atom is 0.263 e. The quantitative estimate of drug-likeness (QED) is 0.666. The van der Waals surface area contributed by atoms with Crippen LogP contribution in [0.15, 0.2) is 35.2 Å². The van der Waals surface area contributed by atoms with Crippen LogP contribution in [0.5, 0.6) is 0 Å². The van der Waals surface area contributed by atoms with Crippen molar-refractivity contribution in [3.8, 4) is 11.5 Å². The molecule has 3 aromatic rings. The first-order valence-electron chi connectivity index (χ1n) is 10.3. The first-order chi connectivity index (χ1) is 15.1. The Balaban J connectivity index is 1.47. The summed E-state index contributed by atoms with van der Waals surface area (Å²) in [5.74, 6) is 0.806. The lowest BCUT2D eigenvalue weighted by molar-refractivity contribution is -0.121.